The minimum Gasteiger partial charge on any atom is -0.326 e. The molecule has 0 unspecified atom stereocenters. The molecule has 0 saturated carbocycles. The highest BCUT2D eigenvalue weighted by Gasteiger charge is 2.11. The number of benzene rings is 2. The molecule has 7 nitrogen and oxygen atoms in total. The number of rotatable bonds is 4. The minimum absolute atomic E-state index is 0.354. The molecule has 0 saturated heterocycles. The second-order valence-corrected chi connectivity index (χ2v) is 5.41. The Bertz CT molecular complexity index is 1040. The summed E-state index contributed by atoms with van der Waals surface area (Å²) in [5.41, 5.74) is 9.03. The third-order valence-corrected chi connectivity index (χ3v) is 3.66. The van der Waals surface area contributed by atoms with Crippen molar-refractivity contribution in [2.24, 2.45) is 5.73 Å². The first-order valence-corrected chi connectivity index (χ1v) is 7.63. The normalized spacial score (nSPS) is 11.0. The molecule has 0 atom stereocenters. The smallest absolute Gasteiger partial charge is 0.229 e. The monoisotopic (exact) mass is 335 g/mol. The summed E-state index contributed by atoms with van der Waals surface area (Å²) >= 11 is 0. The Balaban J connectivity index is 1.73. The van der Waals surface area contributed by atoms with Crippen LogP contribution in [-0.2, 0) is 6.54 Å². The standard InChI is InChI=1S/C17H14FN7/c18-12-4-2-6-14(8-12)25-16-15(23-24-25)10-20-17(22-16)21-13-5-1-3-11(7-13)9-19/h1-8,10H,9,19H2,(H,20,21,22). The summed E-state index contributed by atoms with van der Waals surface area (Å²) in [6.45, 7) is 0.450. The maximum atomic E-state index is 13.5. The van der Waals surface area contributed by atoms with Crippen molar-refractivity contribution in [2.45, 2.75) is 6.54 Å². The zero-order chi connectivity index (χ0) is 17.2. The lowest BCUT2D eigenvalue weighted by atomic mass is 10.2. The number of nitrogens with two attached hydrogens (primary N) is 1. The Morgan fingerprint density at radius 1 is 1.12 bits per heavy atom. The Labute approximate surface area is 142 Å². The molecule has 4 aromatic rings. The summed E-state index contributed by atoms with van der Waals surface area (Å²) in [6, 6.07) is 13.8. The van der Waals surface area contributed by atoms with Gasteiger partial charge in [-0.25, -0.2) is 9.37 Å². The van der Waals surface area contributed by atoms with Gasteiger partial charge in [-0.3, -0.25) is 0 Å². The van der Waals surface area contributed by atoms with Gasteiger partial charge < -0.3 is 11.1 Å². The Morgan fingerprint density at radius 2 is 2.00 bits per heavy atom. The van der Waals surface area contributed by atoms with Crippen LogP contribution in [0, 0.1) is 5.82 Å². The maximum absolute atomic E-state index is 13.5. The molecule has 25 heavy (non-hydrogen) atoms. The average molecular weight is 335 g/mol. The number of nitrogens with zero attached hydrogens (tertiary/aromatic N) is 5. The van der Waals surface area contributed by atoms with Crippen molar-refractivity contribution in [3.05, 3.63) is 66.1 Å². The second-order valence-electron chi connectivity index (χ2n) is 5.41. The molecule has 8 heteroatoms. The third-order valence-electron chi connectivity index (χ3n) is 3.66. The molecular weight excluding hydrogens is 321 g/mol. The molecule has 0 aliphatic rings. The van der Waals surface area contributed by atoms with Crippen LogP contribution in [0.25, 0.3) is 16.9 Å². The second kappa shape index (κ2) is 6.25. The summed E-state index contributed by atoms with van der Waals surface area (Å²) in [6.07, 6.45) is 1.57. The Kier molecular flexibility index (Phi) is 3.79. The van der Waals surface area contributed by atoms with E-state index in [1.165, 1.54) is 16.8 Å². The van der Waals surface area contributed by atoms with E-state index in [2.05, 4.69) is 25.6 Å². The Morgan fingerprint density at radius 3 is 2.84 bits per heavy atom. The van der Waals surface area contributed by atoms with Crippen LogP contribution >= 0.6 is 0 Å². The van der Waals surface area contributed by atoms with E-state index in [1.54, 1.807) is 18.3 Å². The van der Waals surface area contributed by atoms with E-state index in [0.717, 1.165) is 11.3 Å². The predicted octanol–water partition coefficient (Wildman–Crippen LogP) is 2.55. The van der Waals surface area contributed by atoms with Crippen LogP contribution in [0.1, 0.15) is 5.56 Å². The van der Waals surface area contributed by atoms with Gasteiger partial charge in [0.2, 0.25) is 5.95 Å². The van der Waals surface area contributed by atoms with Gasteiger partial charge in [0.05, 0.1) is 11.9 Å². The molecule has 4 rings (SSSR count). The van der Waals surface area contributed by atoms with Crippen LogP contribution in [-0.4, -0.2) is 25.0 Å². The van der Waals surface area contributed by atoms with E-state index in [-0.39, 0.29) is 5.82 Å². The molecule has 2 heterocycles. The van der Waals surface area contributed by atoms with E-state index in [4.69, 9.17) is 5.73 Å². The van der Waals surface area contributed by atoms with Crippen molar-refractivity contribution in [1.82, 2.24) is 25.0 Å². The number of halogens is 1. The van der Waals surface area contributed by atoms with Gasteiger partial charge in [-0.15, -0.1) is 5.10 Å². The van der Waals surface area contributed by atoms with Gasteiger partial charge in [0.25, 0.3) is 0 Å². The highest BCUT2D eigenvalue weighted by atomic mass is 19.1. The fourth-order valence-corrected chi connectivity index (χ4v) is 2.48. The van der Waals surface area contributed by atoms with Crippen LogP contribution in [0.4, 0.5) is 16.0 Å². The SMILES string of the molecule is NCc1cccc(Nc2ncc3nnn(-c4cccc(F)c4)c3n2)c1. The van der Waals surface area contributed by atoms with Gasteiger partial charge in [0.1, 0.15) is 5.82 Å². The van der Waals surface area contributed by atoms with Crippen molar-refractivity contribution in [2.75, 3.05) is 5.32 Å². The Hall–Kier alpha value is -3.39. The van der Waals surface area contributed by atoms with Gasteiger partial charge >= 0.3 is 0 Å². The fourth-order valence-electron chi connectivity index (χ4n) is 2.48. The summed E-state index contributed by atoms with van der Waals surface area (Å²) in [4.78, 5) is 8.69. The molecule has 3 N–H and O–H groups in total. The molecular formula is C17H14FN7. The first-order chi connectivity index (χ1) is 12.2. The molecule has 0 aliphatic carbocycles. The number of hydrogen-bond donors (Lipinski definition) is 2. The van der Waals surface area contributed by atoms with Crippen LogP contribution in [0.3, 0.4) is 0 Å². The lowest BCUT2D eigenvalue weighted by molar-refractivity contribution is 0.625. The van der Waals surface area contributed by atoms with Gasteiger partial charge in [-0.1, -0.05) is 23.4 Å². The largest absolute Gasteiger partial charge is 0.326 e. The zero-order valence-corrected chi connectivity index (χ0v) is 13.1. The first kappa shape index (κ1) is 15.2. The fraction of sp³-hybridized carbons (Fsp3) is 0.0588. The van der Waals surface area contributed by atoms with Crippen molar-refractivity contribution < 1.29 is 4.39 Å². The maximum Gasteiger partial charge on any atom is 0.229 e. The molecule has 124 valence electrons. The van der Waals surface area contributed by atoms with E-state index in [9.17, 15) is 4.39 Å². The van der Waals surface area contributed by atoms with Crippen molar-refractivity contribution in [3.8, 4) is 5.69 Å². The number of aromatic nitrogens is 5. The lowest BCUT2D eigenvalue weighted by Crippen LogP contribution is -2.02. The van der Waals surface area contributed by atoms with Crippen molar-refractivity contribution in [3.63, 3.8) is 0 Å². The first-order valence-electron chi connectivity index (χ1n) is 7.63. The van der Waals surface area contributed by atoms with Crippen molar-refractivity contribution >= 4 is 22.8 Å². The topological polar surface area (TPSA) is 94.5 Å². The predicted molar refractivity (Wildman–Crippen MR) is 92.0 cm³/mol. The molecule has 0 amide bonds. The number of fused-ring (bicyclic) bond motifs is 1. The van der Waals surface area contributed by atoms with Crippen LogP contribution < -0.4 is 11.1 Å². The number of nitrogens with one attached hydrogen (secondary N) is 1. The van der Waals surface area contributed by atoms with Crippen LogP contribution in [0.15, 0.2) is 54.7 Å². The van der Waals surface area contributed by atoms with E-state index < -0.39 is 0 Å². The van der Waals surface area contributed by atoms with Gasteiger partial charge in [-0.2, -0.15) is 9.67 Å². The van der Waals surface area contributed by atoms with E-state index in [1.807, 2.05) is 24.3 Å². The van der Waals surface area contributed by atoms with E-state index in [0.29, 0.717) is 29.3 Å². The quantitative estimate of drug-likeness (QED) is 0.595. The van der Waals surface area contributed by atoms with Crippen molar-refractivity contribution in [1.29, 1.82) is 0 Å². The van der Waals surface area contributed by atoms with Gasteiger partial charge in [-0.05, 0) is 35.9 Å². The lowest BCUT2D eigenvalue weighted by Gasteiger charge is -2.07. The summed E-state index contributed by atoms with van der Waals surface area (Å²) in [5.74, 6) is 0.0359. The molecule has 2 aromatic carbocycles. The molecule has 0 aliphatic heterocycles. The molecule has 0 fully saturated rings. The average Bonchev–Trinajstić information content (AvgIpc) is 3.05. The number of hydrogen-bond acceptors (Lipinski definition) is 6. The number of anilines is 2. The summed E-state index contributed by atoms with van der Waals surface area (Å²) in [5, 5.41) is 11.2. The molecule has 0 bridgehead atoms. The minimum atomic E-state index is -0.354. The highest BCUT2D eigenvalue weighted by Crippen LogP contribution is 2.19. The third kappa shape index (κ3) is 3.02. The summed E-state index contributed by atoms with van der Waals surface area (Å²) < 4.78 is 15.0. The van der Waals surface area contributed by atoms with Crippen LogP contribution in [0.5, 0.6) is 0 Å². The van der Waals surface area contributed by atoms with E-state index >= 15 is 0 Å². The molecule has 0 radical (unpaired) electrons. The molecule has 2 aromatic heterocycles. The van der Waals surface area contributed by atoms with Gasteiger partial charge in [0, 0.05) is 12.2 Å². The summed E-state index contributed by atoms with van der Waals surface area (Å²) in [7, 11) is 0. The molecule has 0 spiro atoms. The highest BCUT2D eigenvalue weighted by molar-refractivity contribution is 5.72. The zero-order valence-electron chi connectivity index (χ0n) is 13.1. The van der Waals surface area contributed by atoms with Crippen LogP contribution in [0.2, 0.25) is 0 Å². The van der Waals surface area contributed by atoms with Gasteiger partial charge in [0.15, 0.2) is 11.2 Å².